The van der Waals surface area contributed by atoms with Gasteiger partial charge in [0.25, 0.3) is 0 Å². The topological polar surface area (TPSA) is 30.7 Å². The van der Waals surface area contributed by atoms with Gasteiger partial charge in [-0.1, -0.05) is 44.9 Å². The molecule has 0 atom stereocenters. The first-order valence-corrected chi connectivity index (χ1v) is 6.47. The van der Waals surface area contributed by atoms with Gasteiger partial charge in [-0.25, -0.2) is 4.68 Å². The molecule has 16 heavy (non-hydrogen) atoms. The molecule has 0 aliphatic carbocycles. The van der Waals surface area contributed by atoms with E-state index in [0.717, 1.165) is 28.0 Å². The second-order valence-corrected chi connectivity index (χ2v) is 4.71. The van der Waals surface area contributed by atoms with E-state index in [1.165, 1.54) is 0 Å². The average Bonchev–Trinajstić information content (AvgIpc) is 2.66. The van der Waals surface area contributed by atoms with Crippen LogP contribution in [0.25, 0.3) is 0 Å². The largest absolute Gasteiger partial charge is 0.248 e. The maximum absolute atomic E-state index is 5.91. The summed E-state index contributed by atoms with van der Waals surface area (Å²) in [5.41, 5.74) is 2.13. The van der Waals surface area contributed by atoms with Crippen LogP contribution in [0.3, 0.4) is 0 Å². The quantitative estimate of drug-likeness (QED) is 0.813. The Labute approximate surface area is 108 Å². The monoisotopic (exact) mass is 299 g/mol. The maximum Gasteiger partial charge on any atom is 0.0835 e. The Hall–Kier alpha value is -0.870. The number of benzene rings is 1. The third kappa shape index (κ3) is 3.06. The van der Waals surface area contributed by atoms with E-state index in [-0.39, 0.29) is 0 Å². The molecule has 2 aromatic rings. The lowest BCUT2D eigenvalue weighted by Gasteiger charge is -2.00. The van der Waals surface area contributed by atoms with Crippen molar-refractivity contribution in [2.24, 2.45) is 0 Å². The van der Waals surface area contributed by atoms with Gasteiger partial charge in [0.05, 0.1) is 12.2 Å². The first-order chi connectivity index (χ1) is 7.78. The van der Waals surface area contributed by atoms with Gasteiger partial charge in [-0.05, 0) is 17.7 Å². The lowest BCUT2D eigenvalue weighted by molar-refractivity contribution is 0.649. The SMILES string of the molecule is Clc1cccc(Cn2cc(CCBr)nn2)c1. The fraction of sp³-hybridized carbons (Fsp3) is 0.273. The van der Waals surface area contributed by atoms with Crippen LogP contribution in [0.5, 0.6) is 0 Å². The highest BCUT2D eigenvalue weighted by Crippen LogP contribution is 2.11. The molecule has 0 saturated heterocycles. The van der Waals surface area contributed by atoms with Gasteiger partial charge in [0.15, 0.2) is 0 Å². The molecule has 3 nitrogen and oxygen atoms in total. The van der Waals surface area contributed by atoms with Crippen LogP contribution >= 0.6 is 27.5 Å². The van der Waals surface area contributed by atoms with E-state index in [2.05, 4.69) is 26.2 Å². The van der Waals surface area contributed by atoms with Crippen molar-refractivity contribution in [1.82, 2.24) is 15.0 Å². The highest BCUT2D eigenvalue weighted by molar-refractivity contribution is 9.09. The van der Waals surface area contributed by atoms with Crippen molar-refractivity contribution in [3.05, 3.63) is 46.7 Å². The highest BCUT2D eigenvalue weighted by atomic mass is 79.9. The van der Waals surface area contributed by atoms with E-state index >= 15 is 0 Å². The third-order valence-corrected chi connectivity index (χ3v) is 2.80. The minimum atomic E-state index is 0.704. The summed E-state index contributed by atoms with van der Waals surface area (Å²) >= 11 is 9.29. The number of nitrogens with zero attached hydrogens (tertiary/aromatic N) is 3. The molecule has 1 aromatic heterocycles. The molecule has 0 aliphatic heterocycles. The van der Waals surface area contributed by atoms with E-state index in [1.807, 2.05) is 35.1 Å². The maximum atomic E-state index is 5.91. The highest BCUT2D eigenvalue weighted by Gasteiger charge is 2.01. The fourth-order valence-electron chi connectivity index (χ4n) is 1.45. The number of rotatable bonds is 4. The molecule has 1 aromatic carbocycles. The van der Waals surface area contributed by atoms with Crippen molar-refractivity contribution >= 4 is 27.5 Å². The normalized spacial score (nSPS) is 10.6. The van der Waals surface area contributed by atoms with E-state index in [4.69, 9.17) is 11.6 Å². The van der Waals surface area contributed by atoms with Gasteiger partial charge in [-0.3, -0.25) is 0 Å². The van der Waals surface area contributed by atoms with Gasteiger partial charge in [0.2, 0.25) is 0 Å². The number of aryl methyl sites for hydroxylation is 1. The predicted octanol–water partition coefficient (Wildman–Crippen LogP) is 2.92. The fourth-order valence-corrected chi connectivity index (χ4v) is 2.07. The van der Waals surface area contributed by atoms with E-state index in [1.54, 1.807) is 0 Å². The van der Waals surface area contributed by atoms with E-state index < -0.39 is 0 Å². The summed E-state index contributed by atoms with van der Waals surface area (Å²) < 4.78 is 1.82. The minimum absolute atomic E-state index is 0.704. The molecule has 0 aliphatic rings. The number of alkyl halides is 1. The predicted molar refractivity (Wildman–Crippen MR) is 68.1 cm³/mol. The van der Waals surface area contributed by atoms with Crippen LogP contribution in [0, 0.1) is 0 Å². The summed E-state index contributed by atoms with van der Waals surface area (Å²) in [6.45, 7) is 0.704. The zero-order chi connectivity index (χ0) is 11.4. The van der Waals surface area contributed by atoms with Crippen LogP contribution in [-0.2, 0) is 13.0 Å². The molecule has 0 fully saturated rings. The van der Waals surface area contributed by atoms with Crippen LogP contribution < -0.4 is 0 Å². The Morgan fingerprint density at radius 1 is 1.38 bits per heavy atom. The molecule has 0 spiro atoms. The van der Waals surface area contributed by atoms with E-state index in [0.29, 0.717) is 6.54 Å². The number of hydrogen-bond donors (Lipinski definition) is 0. The van der Waals surface area contributed by atoms with Crippen molar-refractivity contribution in [2.45, 2.75) is 13.0 Å². The Bertz CT molecular complexity index is 470. The number of hydrogen-bond acceptors (Lipinski definition) is 2. The third-order valence-electron chi connectivity index (χ3n) is 2.17. The molecule has 0 saturated carbocycles. The standard InChI is InChI=1S/C11H11BrClN3/c12-5-4-11-8-16(15-14-11)7-9-2-1-3-10(13)6-9/h1-3,6,8H,4-5,7H2. The second-order valence-electron chi connectivity index (χ2n) is 3.48. The summed E-state index contributed by atoms with van der Waals surface area (Å²) in [6.07, 6.45) is 2.86. The lowest BCUT2D eigenvalue weighted by atomic mass is 10.2. The summed E-state index contributed by atoms with van der Waals surface area (Å²) in [6, 6.07) is 7.77. The summed E-state index contributed by atoms with van der Waals surface area (Å²) in [7, 11) is 0. The minimum Gasteiger partial charge on any atom is -0.248 e. The Balaban J connectivity index is 2.08. The lowest BCUT2D eigenvalue weighted by Crippen LogP contribution is -2.00. The number of aromatic nitrogens is 3. The van der Waals surface area contributed by atoms with Crippen molar-refractivity contribution in [1.29, 1.82) is 0 Å². The molecule has 0 amide bonds. The Morgan fingerprint density at radius 3 is 3.00 bits per heavy atom. The first-order valence-electron chi connectivity index (χ1n) is 4.97. The van der Waals surface area contributed by atoms with Gasteiger partial charge >= 0.3 is 0 Å². The van der Waals surface area contributed by atoms with Gasteiger partial charge in [-0.15, -0.1) is 5.10 Å². The number of halogens is 2. The zero-order valence-corrected chi connectivity index (χ0v) is 10.9. The summed E-state index contributed by atoms with van der Waals surface area (Å²) in [5.74, 6) is 0. The average molecular weight is 301 g/mol. The Kier molecular flexibility index (Phi) is 3.96. The van der Waals surface area contributed by atoms with Crippen molar-refractivity contribution in [3.8, 4) is 0 Å². The molecule has 5 heteroatoms. The van der Waals surface area contributed by atoms with Crippen LogP contribution in [0.4, 0.5) is 0 Å². The smallest absolute Gasteiger partial charge is 0.0835 e. The zero-order valence-electron chi connectivity index (χ0n) is 8.61. The van der Waals surface area contributed by atoms with Crippen LogP contribution in [0.15, 0.2) is 30.5 Å². The van der Waals surface area contributed by atoms with Gasteiger partial charge in [-0.2, -0.15) is 0 Å². The summed E-state index contributed by atoms with van der Waals surface area (Å²) in [4.78, 5) is 0. The summed E-state index contributed by atoms with van der Waals surface area (Å²) in [5, 5.41) is 9.79. The van der Waals surface area contributed by atoms with Gasteiger partial charge < -0.3 is 0 Å². The van der Waals surface area contributed by atoms with Crippen molar-refractivity contribution < 1.29 is 0 Å². The molecule has 0 radical (unpaired) electrons. The molecule has 0 N–H and O–H groups in total. The molecule has 2 rings (SSSR count). The Morgan fingerprint density at radius 2 is 2.25 bits per heavy atom. The second kappa shape index (κ2) is 5.46. The van der Waals surface area contributed by atoms with Gasteiger partial charge in [0.1, 0.15) is 0 Å². The van der Waals surface area contributed by atoms with Crippen LogP contribution in [-0.4, -0.2) is 20.3 Å². The molecule has 1 heterocycles. The van der Waals surface area contributed by atoms with Crippen molar-refractivity contribution in [2.75, 3.05) is 5.33 Å². The van der Waals surface area contributed by atoms with E-state index in [9.17, 15) is 0 Å². The molecule has 0 bridgehead atoms. The molecular formula is C11H11BrClN3. The molecular weight excluding hydrogens is 289 g/mol. The van der Waals surface area contributed by atoms with Crippen LogP contribution in [0.1, 0.15) is 11.3 Å². The first kappa shape index (κ1) is 11.6. The molecule has 0 unspecified atom stereocenters. The van der Waals surface area contributed by atoms with Crippen LogP contribution in [0.2, 0.25) is 5.02 Å². The molecule has 84 valence electrons. The van der Waals surface area contributed by atoms with Crippen molar-refractivity contribution in [3.63, 3.8) is 0 Å². The van der Waals surface area contributed by atoms with Gasteiger partial charge in [0, 0.05) is 23.0 Å².